The second kappa shape index (κ2) is 5.37. The molecule has 1 aliphatic carbocycles. The van der Waals surface area contributed by atoms with Crippen LogP contribution >= 0.6 is 12.2 Å². The molecule has 3 nitrogen and oxygen atoms in total. The van der Waals surface area contributed by atoms with Crippen LogP contribution in [0.2, 0.25) is 0 Å². The van der Waals surface area contributed by atoms with Crippen molar-refractivity contribution in [1.29, 1.82) is 0 Å². The SMILES string of the molecule is NC(=S)c1cc2c(nc1Nc1c(F)cccc1F)CCC2. The average Bonchev–Trinajstić information content (AvgIpc) is 2.89. The number of anilines is 2. The van der Waals surface area contributed by atoms with Gasteiger partial charge < -0.3 is 11.1 Å². The van der Waals surface area contributed by atoms with Crippen molar-refractivity contribution in [3.05, 3.63) is 52.7 Å². The number of nitrogens with two attached hydrogens (primary N) is 1. The summed E-state index contributed by atoms with van der Waals surface area (Å²) in [6.07, 6.45) is 2.78. The molecular weight excluding hydrogens is 292 g/mol. The number of aromatic nitrogens is 1. The smallest absolute Gasteiger partial charge is 0.149 e. The lowest BCUT2D eigenvalue weighted by Gasteiger charge is -2.13. The second-order valence-electron chi connectivity index (χ2n) is 4.93. The maximum absolute atomic E-state index is 13.7. The van der Waals surface area contributed by atoms with Crippen molar-refractivity contribution in [1.82, 2.24) is 4.98 Å². The highest BCUT2D eigenvalue weighted by atomic mass is 32.1. The summed E-state index contributed by atoms with van der Waals surface area (Å²) in [5, 5.41) is 2.69. The Morgan fingerprint density at radius 1 is 1.24 bits per heavy atom. The summed E-state index contributed by atoms with van der Waals surface area (Å²) in [5.74, 6) is -1.08. The molecule has 0 amide bonds. The fourth-order valence-electron chi connectivity index (χ4n) is 2.49. The van der Waals surface area contributed by atoms with Crippen molar-refractivity contribution >= 4 is 28.7 Å². The molecule has 1 heterocycles. The molecule has 0 spiro atoms. The van der Waals surface area contributed by atoms with E-state index in [2.05, 4.69) is 10.3 Å². The Hall–Kier alpha value is -2.08. The fourth-order valence-corrected chi connectivity index (χ4v) is 2.65. The predicted octanol–water partition coefficient (Wildman–Crippen LogP) is 3.23. The molecule has 0 unspecified atom stereocenters. The van der Waals surface area contributed by atoms with E-state index < -0.39 is 11.6 Å². The average molecular weight is 305 g/mol. The molecule has 0 saturated heterocycles. The summed E-state index contributed by atoms with van der Waals surface area (Å²) >= 11 is 5.01. The first-order chi connectivity index (χ1) is 10.1. The molecule has 6 heteroatoms. The minimum Gasteiger partial charge on any atom is -0.389 e. The van der Waals surface area contributed by atoms with Crippen molar-refractivity contribution in [2.24, 2.45) is 5.73 Å². The summed E-state index contributed by atoms with van der Waals surface area (Å²) in [5.41, 5.74) is 7.98. The highest BCUT2D eigenvalue weighted by molar-refractivity contribution is 7.80. The van der Waals surface area contributed by atoms with Gasteiger partial charge >= 0.3 is 0 Å². The molecule has 21 heavy (non-hydrogen) atoms. The van der Waals surface area contributed by atoms with Gasteiger partial charge in [-0.3, -0.25) is 0 Å². The molecule has 3 rings (SSSR count). The Bertz CT molecular complexity index is 711. The number of fused-ring (bicyclic) bond motifs is 1. The van der Waals surface area contributed by atoms with Crippen molar-refractivity contribution < 1.29 is 8.78 Å². The van der Waals surface area contributed by atoms with E-state index in [1.54, 1.807) is 0 Å². The zero-order chi connectivity index (χ0) is 15.0. The van der Waals surface area contributed by atoms with Crippen LogP contribution in [0.4, 0.5) is 20.3 Å². The van der Waals surface area contributed by atoms with Crippen LogP contribution in [0.1, 0.15) is 23.2 Å². The molecule has 108 valence electrons. The van der Waals surface area contributed by atoms with Gasteiger partial charge in [0.2, 0.25) is 0 Å². The normalized spacial score (nSPS) is 13.0. The van der Waals surface area contributed by atoms with E-state index in [0.29, 0.717) is 11.4 Å². The van der Waals surface area contributed by atoms with Crippen molar-refractivity contribution in [2.75, 3.05) is 5.32 Å². The maximum atomic E-state index is 13.7. The number of rotatable bonds is 3. The third-order valence-corrected chi connectivity index (χ3v) is 3.74. The molecule has 0 aliphatic heterocycles. The summed E-state index contributed by atoms with van der Waals surface area (Å²) in [6.45, 7) is 0. The van der Waals surface area contributed by atoms with Gasteiger partial charge in [-0.2, -0.15) is 0 Å². The Morgan fingerprint density at radius 2 is 1.95 bits per heavy atom. The van der Waals surface area contributed by atoms with E-state index in [1.165, 1.54) is 18.2 Å². The fraction of sp³-hybridized carbons (Fsp3) is 0.200. The van der Waals surface area contributed by atoms with Crippen molar-refractivity contribution in [2.45, 2.75) is 19.3 Å². The number of hydrogen-bond donors (Lipinski definition) is 2. The van der Waals surface area contributed by atoms with Crippen LogP contribution in [-0.4, -0.2) is 9.97 Å². The monoisotopic (exact) mass is 305 g/mol. The zero-order valence-corrected chi connectivity index (χ0v) is 11.9. The summed E-state index contributed by atoms with van der Waals surface area (Å²) in [6, 6.07) is 5.53. The van der Waals surface area contributed by atoms with Gasteiger partial charge in [-0.1, -0.05) is 18.3 Å². The van der Waals surface area contributed by atoms with Crippen LogP contribution in [0.15, 0.2) is 24.3 Å². The second-order valence-corrected chi connectivity index (χ2v) is 5.37. The van der Waals surface area contributed by atoms with Crippen LogP contribution in [0.5, 0.6) is 0 Å². The molecule has 1 aliphatic rings. The van der Waals surface area contributed by atoms with Crippen LogP contribution < -0.4 is 11.1 Å². The minimum absolute atomic E-state index is 0.149. The molecule has 2 aromatic rings. The van der Waals surface area contributed by atoms with Gasteiger partial charge in [-0.15, -0.1) is 0 Å². The quantitative estimate of drug-likeness (QED) is 0.855. The van der Waals surface area contributed by atoms with Gasteiger partial charge in [-0.05, 0) is 43.0 Å². The van der Waals surface area contributed by atoms with Crippen LogP contribution in [0.3, 0.4) is 0 Å². The molecule has 0 bridgehead atoms. The molecule has 1 aromatic heterocycles. The first kappa shape index (κ1) is 13.9. The summed E-state index contributed by atoms with van der Waals surface area (Å²) in [7, 11) is 0. The van der Waals surface area contributed by atoms with Gasteiger partial charge in [0.1, 0.15) is 28.1 Å². The number of nitrogens with zero attached hydrogens (tertiary/aromatic N) is 1. The summed E-state index contributed by atoms with van der Waals surface area (Å²) in [4.78, 5) is 4.59. The topological polar surface area (TPSA) is 50.9 Å². The van der Waals surface area contributed by atoms with Gasteiger partial charge in [0.25, 0.3) is 0 Å². The van der Waals surface area contributed by atoms with Crippen molar-refractivity contribution in [3.8, 4) is 0 Å². The lowest BCUT2D eigenvalue weighted by Crippen LogP contribution is -2.15. The van der Waals surface area contributed by atoms with Gasteiger partial charge in [-0.25, -0.2) is 13.8 Å². The number of para-hydroxylation sites is 1. The van der Waals surface area contributed by atoms with Crippen LogP contribution in [-0.2, 0) is 12.8 Å². The minimum atomic E-state index is -0.689. The molecule has 1 aromatic carbocycles. The van der Waals surface area contributed by atoms with Gasteiger partial charge in [0, 0.05) is 5.69 Å². The van der Waals surface area contributed by atoms with E-state index >= 15 is 0 Å². The Balaban J connectivity index is 2.08. The number of benzene rings is 1. The third kappa shape index (κ3) is 2.58. The third-order valence-electron chi connectivity index (χ3n) is 3.52. The van der Waals surface area contributed by atoms with Crippen LogP contribution in [0, 0.1) is 11.6 Å². The highest BCUT2D eigenvalue weighted by Gasteiger charge is 2.19. The number of pyridine rings is 1. The molecule has 0 radical (unpaired) electrons. The van der Waals surface area contributed by atoms with Crippen LogP contribution in [0.25, 0.3) is 0 Å². The lowest BCUT2D eigenvalue weighted by molar-refractivity contribution is 0.590. The predicted molar refractivity (Wildman–Crippen MR) is 81.8 cm³/mol. The van der Waals surface area contributed by atoms with E-state index in [9.17, 15) is 8.78 Å². The van der Waals surface area contributed by atoms with E-state index in [4.69, 9.17) is 18.0 Å². The molecule has 3 N–H and O–H groups in total. The number of aryl methyl sites for hydroxylation is 2. The maximum Gasteiger partial charge on any atom is 0.149 e. The number of nitrogens with one attached hydrogen (secondary N) is 1. The van der Waals surface area contributed by atoms with Crippen molar-refractivity contribution in [3.63, 3.8) is 0 Å². The number of thiocarbonyl (C=S) groups is 1. The van der Waals surface area contributed by atoms with E-state index in [-0.39, 0.29) is 10.7 Å². The Labute approximate surface area is 126 Å². The molecule has 0 atom stereocenters. The van der Waals surface area contributed by atoms with Gasteiger partial charge in [0.15, 0.2) is 0 Å². The Morgan fingerprint density at radius 3 is 2.62 bits per heavy atom. The van der Waals surface area contributed by atoms with E-state index in [1.807, 2.05) is 6.07 Å². The molecule has 0 saturated carbocycles. The van der Waals surface area contributed by atoms with Gasteiger partial charge in [0.05, 0.1) is 5.56 Å². The first-order valence-corrected chi connectivity index (χ1v) is 7.00. The first-order valence-electron chi connectivity index (χ1n) is 6.60. The zero-order valence-electron chi connectivity index (χ0n) is 11.1. The number of hydrogen-bond acceptors (Lipinski definition) is 3. The lowest BCUT2D eigenvalue weighted by atomic mass is 10.1. The molecular formula is C15H13F2N3S. The largest absolute Gasteiger partial charge is 0.389 e. The number of halogens is 2. The summed E-state index contributed by atoms with van der Waals surface area (Å²) < 4.78 is 27.5. The standard InChI is InChI=1S/C15H13F2N3S/c16-10-4-2-5-11(17)13(10)20-15-9(14(18)21)7-8-3-1-6-12(8)19-15/h2,4-5,7H,1,3,6H2,(H2,18,21)(H,19,20). The molecule has 0 fully saturated rings. The Kier molecular flexibility index (Phi) is 3.55. The highest BCUT2D eigenvalue weighted by Crippen LogP contribution is 2.29. The van der Waals surface area contributed by atoms with E-state index in [0.717, 1.165) is 30.5 Å².